The summed E-state index contributed by atoms with van der Waals surface area (Å²) < 4.78 is 29.1. The minimum absolute atomic E-state index is 0.0546. The number of hydrogen-bond donors (Lipinski definition) is 0. The van der Waals surface area contributed by atoms with Crippen LogP contribution >= 0.6 is 11.6 Å². The van der Waals surface area contributed by atoms with Crippen molar-refractivity contribution in [3.63, 3.8) is 0 Å². The Balaban J connectivity index is 1.72. The van der Waals surface area contributed by atoms with E-state index in [2.05, 4.69) is 20.3 Å². The Bertz CT molecular complexity index is 894. The van der Waals surface area contributed by atoms with E-state index in [1.165, 1.54) is 12.1 Å². The van der Waals surface area contributed by atoms with Crippen molar-refractivity contribution in [3.05, 3.63) is 58.6 Å². The lowest BCUT2D eigenvalue weighted by Crippen LogP contribution is -2.22. The molecule has 7 nitrogen and oxygen atoms in total. The predicted molar refractivity (Wildman–Crippen MR) is 101 cm³/mol. The van der Waals surface area contributed by atoms with Crippen LogP contribution in [0.4, 0.5) is 14.5 Å². The maximum absolute atomic E-state index is 12.4. The van der Waals surface area contributed by atoms with Crippen molar-refractivity contribution in [2.75, 3.05) is 18.7 Å². The second kappa shape index (κ2) is 8.83. The van der Waals surface area contributed by atoms with E-state index in [9.17, 15) is 8.78 Å². The number of ether oxygens (including phenoxy) is 1. The molecule has 0 amide bonds. The quantitative estimate of drug-likeness (QED) is 0.483. The highest BCUT2D eigenvalue weighted by molar-refractivity contribution is 6.31. The zero-order valence-electron chi connectivity index (χ0n) is 15.2. The SMILES string of the molecule is CC(=NOCc1c(Cl)cccc1N1CN(C)N=N1)c1cccc(OC(F)F)c1. The molecule has 2 aromatic carbocycles. The lowest BCUT2D eigenvalue weighted by atomic mass is 10.1. The first-order valence-corrected chi connectivity index (χ1v) is 8.71. The van der Waals surface area contributed by atoms with Crippen LogP contribution in [0, 0.1) is 0 Å². The number of anilines is 1. The van der Waals surface area contributed by atoms with Gasteiger partial charge in [-0.05, 0) is 36.4 Å². The normalized spacial score (nSPS) is 14.1. The molecule has 0 unspecified atom stereocenters. The summed E-state index contributed by atoms with van der Waals surface area (Å²) in [5, 5.41) is 16.0. The molecule has 3 rings (SSSR count). The molecule has 0 atom stereocenters. The average molecular weight is 410 g/mol. The monoisotopic (exact) mass is 409 g/mol. The molecule has 0 saturated heterocycles. The molecule has 148 valence electrons. The van der Waals surface area contributed by atoms with Gasteiger partial charge in [-0.15, -0.1) is 0 Å². The van der Waals surface area contributed by atoms with Crippen LogP contribution in [-0.4, -0.2) is 31.0 Å². The number of rotatable bonds is 7. The average Bonchev–Trinajstić information content (AvgIpc) is 3.08. The molecule has 1 heterocycles. The van der Waals surface area contributed by atoms with E-state index >= 15 is 0 Å². The van der Waals surface area contributed by atoms with Gasteiger partial charge in [0.15, 0.2) is 0 Å². The molecule has 1 aliphatic heterocycles. The molecule has 0 bridgehead atoms. The largest absolute Gasteiger partial charge is 0.435 e. The predicted octanol–water partition coefficient (Wildman–Crippen LogP) is 4.87. The molecule has 0 radical (unpaired) electrons. The summed E-state index contributed by atoms with van der Waals surface area (Å²) in [4.78, 5) is 5.47. The molecule has 0 saturated carbocycles. The molecule has 0 aromatic heterocycles. The van der Waals surface area contributed by atoms with Crippen LogP contribution in [-0.2, 0) is 11.4 Å². The van der Waals surface area contributed by atoms with E-state index in [0.29, 0.717) is 28.5 Å². The Morgan fingerprint density at radius 3 is 2.75 bits per heavy atom. The topological polar surface area (TPSA) is 62.0 Å². The van der Waals surface area contributed by atoms with Crippen molar-refractivity contribution < 1.29 is 18.4 Å². The standard InChI is InChI=1S/C18H18ClF2N5O2/c1-12(13-5-3-6-14(9-13)28-18(20)21)22-27-10-15-16(19)7-4-8-17(15)26-11-25(2)23-24-26/h3-9,18H,10-11H2,1-2H3. The summed E-state index contributed by atoms with van der Waals surface area (Å²) >= 11 is 6.32. The Hall–Kier alpha value is -2.94. The fraction of sp³-hybridized carbons (Fsp3) is 0.278. The lowest BCUT2D eigenvalue weighted by Gasteiger charge is -2.17. The fourth-order valence-electron chi connectivity index (χ4n) is 2.57. The molecule has 0 fully saturated rings. The van der Waals surface area contributed by atoms with Gasteiger partial charge >= 0.3 is 6.61 Å². The Morgan fingerprint density at radius 1 is 1.25 bits per heavy atom. The first-order valence-electron chi connectivity index (χ1n) is 8.33. The fourth-order valence-corrected chi connectivity index (χ4v) is 2.79. The van der Waals surface area contributed by atoms with E-state index in [4.69, 9.17) is 16.4 Å². The third-order valence-electron chi connectivity index (χ3n) is 3.90. The van der Waals surface area contributed by atoms with Crippen molar-refractivity contribution in [2.24, 2.45) is 15.6 Å². The van der Waals surface area contributed by atoms with Crippen molar-refractivity contribution in [1.82, 2.24) is 5.01 Å². The third kappa shape index (κ3) is 4.86. The van der Waals surface area contributed by atoms with Crippen LogP contribution in [0.3, 0.4) is 0 Å². The van der Waals surface area contributed by atoms with E-state index < -0.39 is 6.61 Å². The van der Waals surface area contributed by atoms with Gasteiger partial charge in [0.2, 0.25) is 0 Å². The molecule has 10 heteroatoms. The summed E-state index contributed by atoms with van der Waals surface area (Å²) in [6, 6.07) is 11.7. The van der Waals surface area contributed by atoms with Crippen LogP contribution in [0.15, 0.2) is 58.1 Å². The Labute approximate surface area is 165 Å². The molecular weight excluding hydrogens is 392 g/mol. The van der Waals surface area contributed by atoms with E-state index in [-0.39, 0.29) is 12.4 Å². The number of halogens is 3. The number of nitrogens with zero attached hydrogens (tertiary/aromatic N) is 5. The van der Waals surface area contributed by atoms with Crippen molar-refractivity contribution in [1.29, 1.82) is 0 Å². The van der Waals surface area contributed by atoms with Gasteiger partial charge in [-0.2, -0.15) is 8.78 Å². The lowest BCUT2D eigenvalue weighted by molar-refractivity contribution is -0.0498. The maximum atomic E-state index is 12.4. The first kappa shape index (κ1) is 19.8. The summed E-state index contributed by atoms with van der Waals surface area (Å²) in [7, 11) is 1.81. The number of oxime groups is 1. The second-order valence-corrected chi connectivity index (χ2v) is 6.38. The van der Waals surface area contributed by atoms with Gasteiger partial charge in [0.25, 0.3) is 0 Å². The Morgan fingerprint density at radius 2 is 2.04 bits per heavy atom. The van der Waals surface area contributed by atoms with E-state index in [0.717, 1.165) is 5.69 Å². The van der Waals surface area contributed by atoms with Crippen molar-refractivity contribution in [3.8, 4) is 5.75 Å². The molecule has 0 spiro atoms. The van der Waals surface area contributed by atoms with Gasteiger partial charge in [0.05, 0.1) is 11.4 Å². The van der Waals surface area contributed by atoms with Gasteiger partial charge < -0.3 is 9.57 Å². The second-order valence-electron chi connectivity index (χ2n) is 5.97. The zero-order chi connectivity index (χ0) is 20.1. The maximum Gasteiger partial charge on any atom is 0.387 e. The van der Waals surface area contributed by atoms with Crippen LogP contribution in [0.5, 0.6) is 5.75 Å². The third-order valence-corrected chi connectivity index (χ3v) is 4.25. The molecular formula is C18H18ClF2N5O2. The molecule has 2 aromatic rings. The summed E-state index contributed by atoms with van der Waals surface area (Å²) in [5.41, 5.74) is 2.59. The van der Waals surface area contributed by atoms with E-state index in [1.54, 1.807) is 35.1 Å². The molecule has 0 aliphatic carbocycles. The minimum atomic E-state index is -2.89. The van der Waals surface area contributed by atoms with E-state index in [1.807, 2.05) is 19.2 Å². The smallest absolute Gasteiger partial charge is 0.387 e. The summed E-state index contributed by atoms with van der Waals surface area (Å²) in [5.74, 6) is 0.0546. The highest BCUT2D eigenvalue weighted by atomic mass is 35.5. The van der Waals surface area contributed by atoms with Gasteiger partial charge in [0, 0.05) is 23.2 Å². The van der Waals surface area contributed by atoms with Gasteiger partial charge in [-0.3, -0.25) is 5.01 Å². The summed E-state index contributed by atoms with van der Waals surface area (Å²) in [6.45, 7) is -0.579. The molecule has 0 N–H and O–H groups in total. The Kier molecular flexibility index (Phi) is 6.25. The van der Waals surface area contributed by atoms with Gasteiger partial charge in [-0.25, -0.2) is 5.01 Å². The van der Waals surface area contributed by atoms with Gasteiger partial charge in [-0.1, -0.05) is 40.2 Å². The minimum Gasteiger partial charge on any atom is -0.435 e. The van der Waals surface area contributed by atoms with Gasteiger partial charge in [0.1, 0.15) is 19.0 Å². The van der Waals surface area contributed by atoms with Crippen molar-refractivity contribution >= 4 is 23.0 Å². The number of alkyl halides is 2. The highest BCUT2D eigenvalue weighted by Crippen LogP contribution is 2.30. The number of benzene rings is 2. The van der Waals surface area contributed by atoms with Crippen LogP contribution in [0.1, 0.15) is 18.1 Å². The van der Waals surface area contributed by atoms with Crippen LogP contribution < -0.4 is 9.75 Å². The van der Waals surface area contributed by atoms with Crippen molar-refractivity contribution in [2.45, 2.75) is 20.1 Å². The zero-order valence-corrected chi connectivity index (χ0v) is 16.0. The molecule has 28 heavy (non-hydrogen) atoms. The highest BCUT2D eigenvalue weighted by Gasteiger charge is 2.19. The molecule has 1 aliphatic rings. The number of hydrogen-bond acceptors (Lipinski definition) is 7. The van der Waals surface area contributed by atoms with Crippen LogP contribution in [0.2, 0.25) is 5.02 Å². The summed E-state index contributed by atoms with van der Waals surface area (Å²) in [6.07, 6.45) is 0. The van der Waals surface area contributed by atoms with Crippen LogP contribution in [0.25, 0.3) is 0 Å². The first-order chi connectivity index (χ1) is 13.4.